The summed E-state index contributed by atoms with van der Waals surface area (Å²) in [6.45, 7) is 46.2. The molecule has 8 aromatic rings. The smallest absolute Gasteiger partial charge is 0.416 e. The van der Waals surface area contributed by atoms with E-state index in [9.17, 15) is 35.9 Å². The van der Waals surface area contributed by atoms with E-state index in [-0.39, 0.29) is 40.4 Å². The first-order valence-corrected chi connectivity index (χ1v) is 41.7. The molecule has 0 radical (unpaired) electrons. The Morgan fingerprint density at radius 3 is 1.18 bits per heavy atom. The minimum atomic E-state index is -4.32. The maximum atomic E-state index is 13.1. The largest absolute Gasteiger partial charge is 0.494 e. The first kappa shape index (κ1) is 101. The van der Waals surface area contributed by atoms with Crippen molar-refractivity contribution in [3.8, 4) is 28.7 Å². The molecule has 628 valence electrons. The molecule has 8 aromatic carbocycles. The van der Waals surface area contributed by atoms with Crippen molar-refractivity contribution in [2.24, 2.45) is 0 Å². The molecular formula is C95H126BrCl3F6N2O7. The molecule has 0 spiro atoms. The van der Waals surface area contributed by atoms with Crippen LogP contribution in [-0.4, -0.2) is 82.3 Å². The molecule has 9 nitrogen and oxygen atoms in total. The lowest BCUT2D eigenvalue weighted by atomic mass is 9.98. The Hall–Kier alpha value is -7.37. The second-order valence-electron chi connectivity index (χ2n) is 30.8. The van der Waals surface area contributed by atoms with Crippen molar-refractivity contribution >= 4 is 62.5 Å². The van der Waals surface area contributed by atoms with E-state index in [1.54, 1.807) is 21.3 Å². The van der Waals surface area contributed by atoms with Gasteiger partial charge in [-0.1, -0.05) is 222 Å². The first-order chi connectivity index (χ1) is 53.6. The standard InChI is InChI=1S/C18H27NO2.C17H25NO2.C12H18O3.C10H10ClF3.2C10H13Cl.C9H10BrF.C9H10F2/c1-4-21-17-9-8-15(12-16(17)14(2)3)13-18(20)19-10-6-5-7-11-19;1-4-20-16-8-7-14(11-15(16)13(2)3)12-17(19)18-9-5-6-10-18;1-8(2)9-6-10(13-3)12(15-5)11(7-9)14-4;1-6(2)8-4-3-7(5-9(8)11)10(12,13)14;1-7(2)10-5-4-9(11)6-8(10)3;1-7(2)9-5-4-8(3)6-10(9)11;2*1-6(2)8-4-3-7(10)5-9(8)11/h8-9,12,14H,4-7,10-11,13H2,1-3H3;7-8,11,13H,4-6,9-10,12H2,1-3H3;6-8H,1-5H3;3-6H,1-2H3;2*4-7H,1-3H3;2*3-6H,1-2H3. The number of ether oxygens (including phenoxy) is 5. The van der Waals surface area contributed by atoms with Crippen LogP contribution in [0.5, 0.6) is 28.7 Å². The van der Waals surface area contributed by atoms with E-state index in [0.717, 1.165) is 118 Å². The number of rotatable bonds is 19. The van der Waals surface area contributed by atoms with E-state index in [4.69, 9.17) is 58.5 Å². The molecule has 0 N–H and O–H groups in total. The molecule has 19 heteroatoms. The summed E-state index contributed by atoms with van der Waals surface area (Å²) >= 11 is 20.8. The zero-order chi connectivity index (χ0) is 85.9. The second-order valence-corrected chi connectivity index (χ2v) is 32.9. The number of carbonyl (C=O) groups excluding carboxylic acids is 2. The maximum absolute atomic E-state index is 13.1. The third-order valence-electron chi connectivity index (χ3n) is 19.0. The Morgan fingerprint density at radius 2 is 0.816 bits per heavy atom. The summed E-state index contributed by atoms with van der Waals surface area (Å²) in [4.78, 5) is 28.5. The average molecular weight is 1710 g/mol. The number of piperidine rings is 1. The van der Waals surface area contributed by atoms with Crippen LogP contribution in [0.2, 0.25) is 15.1 Å². The molecule has 0 aliphatic carbocycles. The van der Waals surface area contributed by atoms with Crippen molar-refractivity contribution in [1.29, 1.82) is 0 Å². The number of halogens is 10. The highest BCUT2D eigenvalue weighted by atomic mass is 79.9. The van der Waals surface area contributed by atoms with Crippen LogP contribution in [0, 0.1) is 31.3 Å². The third-order valence-corrected chi connectivity index (χ3v) is 20.4. The number of methoxy groups -OCH3 is 3. The number of nitrogens with zero attached hydrogens (tertiary/aromatic N) is 2. The monoisotopic (exact) mass is 1700 g/mol. The van der Waals surface area contributed by atoms with Crippen LogP contribution in [0.25, 0.3) is 0 Å². The van der Waals surface area contributed by atoms with E-state index in [2.05, 4.69) is 129 Å². The van der Waals surface area contributed by atoms with Crippen LogP contribution in [0.15, 0.2) is 144 Å². The minimum absolute atomic E-state index is 0.107. The number of hydrogen-bond acceptors (Lipinski definition) is 7. The zero-order valence-corrected chi connectivity index (χ0v) is 75.5. The van der Waals surface area contributed by atoms with Gasteiger partial charge in [0.1, 0.15) is 29.0 Å². The van der Waals surface area contributed by atoms with Gasteiger partial charge in [-0.3, -0.25) is 9.59 Å². The van der Waals surface area contributed by atoms with Gasteiger partial charge in [0.15, 0.2) is 11.5 Å². The van der Waals surface area contributed by atoms with Gasteiger partial charge in [-0.2, -0.15) is 13.2 Å². The van der Waals surface area contributed by atoms with Crippen molar-refractivity contribution < 1.29 is 59.6 Å². The number of carbonyl (C=O) groups is 2. The average Bonchev–Trinajstić information content (AvgIpc) is 1.79. The van der Waals surface area contributed by atoms with Crippen LogP contribution in [0.4, 0.5) is 26.3 Å². The van der Waals surface area contributed by atoms with Gasteiger partial charge in [0.05, 0.1) is 52.9 Å². The second kappa shape index (κ2) is 51.0. The molecule has 10 rings (SSSR count). The summed E-state index contributed by atoms with van der Waals surface area (Å²) in [6, 6.07) is 40.8. The van der Waals surface area contributed by atoms with Gasteiger partial charge < -0.3 is 33.5 Å². The Bertz CT molecular complexity index is 3980. The number of benzene rings is 8. The number of hydrogen-bond donors (Lipinski definition) is 0. The zero-order valence-electron chi connectivity index (χ0n) is 71.6. The Morgan fingerprint density at radius 1 is 0.421 bits per heavy atom. The number of likely N-dealkylation sites (tertiary alicyclic amines) is 2. The van der Waals surface area contributed by atoms with E-state index in [0.29, 0.717) is 78.5 Å². The number of alkyl halides is 3. The van der Waals surface area contributed by atoms with Crippen LogP contribution >= 0.6 is 50.7 Å². The molecule has 2 aliphatic heterocycles. The molecule has 0 unspecified atom stereocenters. The molecule has 2 amide bonds. The van der Waals surface area contributed by atoms with Crippen LogP contribution in [-0.2, 0) is 28.6 Å². The normalized spacial score (nSPS) is 12.4. The number of amides is 2. The van der Waals surface area contributed by atoms with Gasteiger partial charge in [0, 0.05) is 51.8 Å². The summed E-state index contributed by atoms with van der Waals surface area (Å²) in [5.41, 5.74) is 12.2. The van der Waals surface area contributed by atoms with Crippen molar-refractivity contribution in [1.82, 2.24) is 9.80 Å². The van der Waals surface area contributed by atoms with E-state index in [1.165, 1.54) is 69.6 Å². The van der Waals surface area contributed by atoms with E-state index >= 15 is 0 Å². The van der Waals surface area contributed by atoms with Crippen LogP contribution in [0.1, 0.15) is 276 Å². The Kier molecular flexibility index (Phi) is 45.1. The fourth-order valence-corrected chi connectivity index (χ4v) is 13.9. The highest BCUT2D eigenvalue weighted by Gasteiger charge is 2.31. The topological polar surface area (TPSA) is 86.8 Å². The van der Waals surface area contributed by atoms with Crippen molar-refractivity contribution in [2.45, 2.75) is 237 Å². The van der Waals surface area contributed by atoms with Gasteiger partial charge in [0.2, 0.25) is 17.6 Å². The van der Waals surface area contributed by atoms with Gasteiger partial charge in [-0.15, -0.1) is 0 Å². The Balaban J connectivity index is 0.000000342. The minimum Gasteiger partial charge on any atom is -0.494 e. The maximum Gasteiger partial charge on any atom is 0.416 e. The van der Waals surface area contributed by atoms with Gasteiger partial charge >= 0.3 is 6.18 Å². The molecule has 2 saturated heterocycles. The lowest BCUT2D eigenvalue weighted by Gasteiger charge is -2.27. The molecule has 0 aromatic heterocycles. The molecule has 0 bridgehead atoms. The van der Waals surface area contributed by atoms with Crippen molar-refractivity contribution in [2.75, 3.05) is 60.7 Å². The summed E-state index contributed by atoms with van der Waals surface area (Å²) < 4.78 is 103. The number of aryl methyl sites for hydroxylation is 2. The fraction of sp³-hybridized carbons (Fsp3) is 0.474. The predicted molar refractivity (Wildman–Crippen MR) is 467 cm³/mol. The van der Waals surface area contributed by atoms with E-state index in [1.807, 2.05) is 132 Å². The molecule has 2 aliphatic rings. The molecule has 2 fully saturated rings. The Labute approximate surface area is 702 Å². The summed E-state index contributed by atoms with van der Waals surface area (Å²) in [6.07, 6.45) is 2.53. The molecule has 2 heterocycles. The molecule has 114 heavy (non-hydrogen) atoms. The third kappa shape index (κ3) is 34.4. The highest BCUT2D eigenvalue weighted by Crippen LogP contribution is 2.41. The SMILES string of the molecule is CC(C)c1ccc(Br)cc1F.CC(C)c1ccc(C(F)(F)F)cc1Cl.CC(C)c1ccc(F)cc1F.CCOc1ccc(CC(=O)N2CCCC2)cc1C(C)C.CCOc1ccc(CC(=O)N2CCCCC2)cc1C(C)C.COc1cc(C(C)C)cc(OC)c1OC.Cc1cc(Cl)ccc1C(C)C.Cc1ccc(C(C)C)c(Cl)c1. The van der Waals surface area contributed by atoms with Crippen molar-refractivity contribution in [3.05, 3.63) is 249 Å². The predicted octanol–water partition coefficient (Wildman–Crippen LogP) is 28.8. The fourth-order valence-electron chi connectivity index (χ4n) is 12.5. The summed E-state index contributed by atoms with van der Waals surface area (Å²) in [5, 5.41) is 1.89. The molecular weight excluding hydrogens is 1580 g/mol. The summed E-state index contributed by atoms with van der Waals surface area (Å²) in [7, 11) is 4.86. The van der Waals surface area contributed by atoms with Gasteiger partial charge in [-0.05, 0) is 247 Å². The van der Waals surface area contributed by atoms with Crippen LogP contribution in [0.3, 0.4) is 0 Å². The lowest BCUT2D eigenvalue weighted by molar-refractivity contribution is -0.137. The van der Waals surface area contributed by atoms with Crippen LogP contribution < -0.4 is 23.7 Å². The van der Waals surface area contributed by atoms with Gasteiger partial charge in [-0.25, -0.2) is 13.2 Å². The highest BCUT2D eigenvalue weighted by molar-refractivity contribution is 9.10. The lowest BCUT2D eigenvalue weighted by Crippen LogP contribution is -2.36. The molecule has 0 atom stereocenters. The molecule has 0 saturated carbocycles. The van der Waals surface area contributed by atoms with Crippen molar-refractivity contribution in [3.63, 3.8) is 0 Å². The first-order valence-electron chi connectivity index (χ1n) is 39.8. The quantitative estimate of drug-likeness (QED) is 0.0746. The van der Waals surface area contributed by atoms with Gasteiger partial charge in [0.25, 0.3) is 0 Å². The summed E-state index contributed by atoms with van der Waals surface area (Å²) in [5.74, 6) is 6.18. The van der Waals surface area contributed by atoms with E-state index < -0.39 is 23.4 Å².